The van der Waals surface area contributed by atoms with Crippen molar-refractivity contribution in [1.82, 2.24) is 23.9 Å². The van der Waals surface area contributed by atoms with E-state index in [1.54, 1.807) is 32.8 Å². The maximum absolute atomic E-state index is 11.0. The van der Waals surface area contributed by atoms with Gasteiger partial charge in [-0.2, -0.15) is 0 Å². The van der Waals surface area contributed by atoms with E-state index in [-0.39, 0.29) is 5.60 Å². The van der Waals surface area contributed by atoms with Gasteiger partial charge in [0.05, 0.1) is 17.9 Å². The first-order valence-electron chi connectivity index (χ1n) is 12.1. The van der Waals surface area contributed by atoms with Crippen LogP contribution in [0.4, 0.5) is 0 Å². The Morgan fingerprint density at radius 2 is 1.92 bits per heavy atom. The zero-order valence-corrected chi connectivity index (χ0v) is 22.5. The van der Waals surface area contributed by atoms with Gasteiger partial charge >= 0.3 is 0 Å². The first-order chi connectivity index (χ1) is 17.5. The molecular formula is C26H39N7O4. The minimum absolute atomic E-state index is 0.318. The summed E-state index contributed by atoms with van der Waals surface area (Å²) < 4.78 is 12.9. The number of hydrazine groups is 1. The lowest BCUT2D eigenvalue weighted by atomic mass is 10.2. The van der Waals surface area contributed by atoms with Crippen LogP contribution in [-0.2, 0) is 20.8 Å². The van der Waals surface area contributed by atoms with Gasteiger partial charge in [-0.25, -0.2) is 15.8 Å². The van der Waals surface area contributed by atoms with E-state index in [9.17, 15) is 9.59 Å². The van der Waals surface area contributed by atoms with Crippen LogP contribution in [0, 0.1) is 0 Å². The minimum atomic E-state index is -0.318. The third-order valence-electron chi connectivity index (χ3n) is 5.06. The van der Waals surface area contributed by atoms with Crippen LogP contribution in [-0.4, -0.2) is 56.0 Å². The summed E-state index contributed by atoms with van der Waals surface area (Å²) in [5, 5.41) is 1.51. The normalized spacial score (nSPS) is 13.2. The summed E-state index contributed by atoms with van der Waals surface area (Å²) in [7, 11) is 1.68. The van der Waals surface area contributed by atoms with Gasteiger partial charge < -0.3 is 29.2 Å². The number of nitrogens with two attached hydrogens (primary N) is 2. The van der Waals surface area contributed by atoms with Gasteiger partial charge in [0.1, 0.15) is 17.6 Å². The monoisotopic (exact) mass is 513 g/mol. The summed E-state index contributed by atoms with van der Waals surface area (Å²) >= 11 is 0. The van der Waals surface area contributed by atoms with Crippen molar-refractivity contribution < 1.29 is 19.1 Å². The quantitative estimate of drug-likeness (QED) is 0.263. The predicted octanol–water partition coefficient (Wildman–Crippen LogP) is 3.32. The van der Waals surface area contributed by atoms with Crippen molar-refractivity contribution in [3.63, 3.8) is 0 Å². The van der Waals surface area contributed by atoms with Gasteiger partial charge in [-0.15, -0.1) is 0 Å². The number of imidazole rings is 2. The summed E-state index contributed by atoms with van der Waals surface area (Å²) in [6, 6.07) is 2.13. The molecule has 0 atom stereocenters. The number of methoxy groups -OCH3 is 1. The number of carbonyl (C=O) groups excluding carboxylic acids is 2. The van der Waals surface area contributed by atoms with E-state index in [4.69, 9.17) is 16.6 Å². The van der Waals surface area contributed by atoms with Gasteiger partial charge in [-0.05, 0) is 65.0 Å². The molecule has 3 aromatic heterocycles. The van der Waals surface area contributed by atoms with Crippen LogP contribution in [0.15, 0.2) is 42.9 Å². The van der Waals surface area contributed by atoms with E-state index < -0.39 is 0 Å². The molecule has 0 aromatic carbocycles. The molecule has 1 aliphatic carbocycles. The molecule has 0 amide bonds. The second-order valence-corrected chi connectivity index (χ2v) is 9.67. The molecule has 11 nitrogen and oxygen atoms in total. The number of allylic oxidation sites excluding steroid dienone is 1. The number of fused-ring (bicyclic) bond motifs is 1. The highest BCUT2D eigenvalue weighted by Crippen LogP contribution is 2.41. The average Bonchev–Trinajstić information content (AvgIpc) is 3.42. The van der Waals surface area contributed by atoms with Crippen LogP contribution >= 0.6 is 0 Å². The van der Waals surface area contributed by atoms with Crippen molar-refractivity contribution in [1.29, 1.82) is 0 Å². The fraction of sp³-hybridized carbons (Fsp3) is 0.462. The summed E-state index contributed by atoms with van der Waals surface area (Å²) in [6.07, 6.45) is 12.3. The van der Waals surface area contributed by atoms with Gasteiger partial charge in [-0.1, -0.05) is 0 Å². The van der Waals surface area contributed by atoms with Gasteiger partial charge in [0.25, 0.3) is 6.47 Å². The summed E-state index contributed by atoms with van der Waals surface area (Å²) in [5.74, 6) is 6.55. The average molecular weight is 514 g/mol. The van der Waals surface area contributed by atoms with Gasteiger partial charge in [0.15, 0.2) is 11.9 Å². The Bertz CT molecular complexity index is 1180. The molecule has 4 rings (SSSR count). The maximum Gasteiger partial charge on any atom is 0.293 e. The van der Waals surface area contributed by atoms with Crippen LogP contribution in [0.3, 0.4) is 0 Å². The van der Waals surface area contributed by atoms with Crippen LogP contribution < -0.4 is 11.6 Å². The summed E-state index contributed by atoms with van der Waals surface area (Å²) in [4.78, 5) is 29.4. The number of nitrogens with zero attached hydrogens (tertiary/aromatic N) is 5. The topological polar surface area (TPSA) is 143 Å². The molecule has 0 saturated heterocycles. The Hall–Kier alpha value is -3.70. The van der Waals surface area contributed by atoms with E-state index >= 15 is 0 Å². The largest absolute Gasteiger partial charge is 0.462 e. The second kappa shape index (κ2) is 13.6. The highest BCUT2D eigenvalue weighted by atomic mass is 16.5. The third-order valence-corrected chi connectivity index (χ3v) is 5.06. The first kappa shape index (κ1) is 29.5. The first-order valence-corrected chi connectivity index (χ1v) is 12.1. The molecule has 0 aliphatic heterocycles. The summed E-state index contributed by atoms with van der Waals surface area (Å²) in [6.45, 7) is 10.9. The van der Waals surface area contributed by atoms with Crippen LogP contribution in [0.2, 0.25) is 0 Å². The fourth-order valence-electron chi connectivity index (χ4n) is 3.23. The van der Waals surface area contributed by atoms with Crippen LogP contribution in [0.1, 0.15) is 75.1 Å². The minimum Gasteiger partial charge on any atom is -0.462 e. The lowest BCUT2D eigenvalue weighted by Crippen LogP contribution is -2.25. The van der Waals surface area contributed by atoms with Crippen molar-refractivity contribution >= 4 is 18.4 Å². The van der Waals surface area contributed by atoms with Gasteiger partial charge in [0.2, 0.25) is 0 Å². The Balaban J connectivity index is 0.000000371. The van der Waals surface area contributed by atoms with Crippen molar-refractivity contribution in [3.05, 3.63) is 59.8 Å². The number of pyridine rings is 1. The number of ether oxygens (including phenoxy) is 2. The number of rotatable bonds is 8. The fourth-order valence-corrected chi connectivity index (χ4v) is 3.23. The Morgan fingerprint density at radius 3 is 2.38 bits per heavy atom. The molecule has 37 heavy (non-hydrogen) atoms. The van der Waals surface area contributed by atoms with E-state index in [1.807, 2.05) is 42.9 Å². The molecular weight excluding hydrogens is 474 g/mol. The van der Waals surface area contributed by atoms with Crippen molar-refractivity contribution in [2.45, 2.75) is 65.5 Å². The predicted molar refractivity (Wildman–Crippen MR) is 142 cm³/mol. The molecule has 0 bridgehead atoms. The molecule has 0 unspecified atom stereocenters. The second-order valence-electron chi connectivity index (χ2n) is 9.67. The van der Waals surface area contributed by atoms with Crippen molar-refractivity contribution in [2.75, 3.05) is 13.7 Å². The smallest absolute Gasteiger partial charge is 0.293 e. The molecule has 3 aromatic rings. The lowest BCUT2D eigenvalue weighted by Gasteiger charge is -2.14. The Kier molecular flexibility index (Phi) is 10.8. The van der Waals surface area contributed by atoms with E-state index in [0.717, 1.165) is 29.9 Å². The number of hydrogen-bond donors (Lipinski definition) is 2. The molecule has 0 radical (unpaired) electrons. The molecule has 202 valence electrons. The third kappa shape index (κ3) is 9.70. The van der Waals surface area contributed by atoms with Crippen molar-refractivity contribution in [3.8, 4) is 5.69 Å². The van der Waals surface area contributed by atoms with Gasteiger partial charge in [-0.3, -0.25) is 9.59 Å². The van der Waals surface area contributed by atoms with Crippen molar-refractivity contribution in [2.24, 2.45) is 11.6 Å². The van der Waals surface area contributed by atoms with E-state index in [1.165, 1.54) is 23.4 Å². The number of aromatic nitrogens is 4. The maximum atomic E-state index is 11.0. The molecule has 1 fully saturated rings. The number of hydrogen-bond acceptors (Lipinski definition) is 9. The van der Waals surface area contributed by atoms with Gasteiger partial charge in [0, 0.05) is 44.2 Å². The van der Waals surface area contributed by atoms with E-state index in [2.05, 4.69) is 26.7 Å². The Labute approximate surface area is 218 Å². The standard InChI is InChI=1S/C18H21N7O.C5H10O2.C3H8O/c1-12(19)5-25(20)9-15-7-23-6-14(13-2-3-13)4-17(18(23)22-15)24-8-16(10-26)21-11-24;1-5(2,3)7-4-6;1-3-4-2/h4-8,10-11,13H,2-3,9,19-20H2,1H3;4H,1-3H3;3H2,1-2H3/b12-5-;;. The highest BCUT2D eigenvalue weighted by Gasteiger charge is 2.25. The van der Waals surface area contributed by atoms with Crippen LogP contribution in [0.25, 0.3) is 11.3 Å². The zero-order valence-electron chi connectivity index (χ0n) is 22.5. The molecule has 1 aliphatic rings. The Morgan fingerprint density at radius 1 is 1.24 bits per heavy atom. The molecule has 3 heterocycles. The lowest BCUT2D eigenvalue weighted by molar-refractivity contribution is -0.138. The SMILES string of the molecule is C/C(N)=C/N(N)Cc1cn2cc(C3CC3)cc(-n3cnc(C=O)c3)c2n1.CC(C)(C)OC=O.CCOC. The van der Waals surface area contributed by atoms with E-state index in [0.29, 0.717) is 30.3 Å². The molecule has 11 heteroatoms. The summed E-state index contributed by atoms with van der Waals surface area (Å²) in [5.41, 5.74) is 10.2. The number of carbonyl (C=O) groups is 2. The number of aldehydes is 1. The van der Waals surface area contributed by atoms with Crippen LogP contribution in [0.5, 0.6) is 0 Å². The highest BCUT2D eigenvalue weighted by molar-refractivity contribution is 5.72. The molecule has 1 saturated carbocycles. The molecule has 4 N–H and O–H groups in total. The zero-order chi connectivity index (χ0) is 27.6. The molecule has 0 spiro atoms.